The minimum absolute atomic E-state index is 0.422. The molecule has 8 nitrogen and oxygen atoms in total. The Balaban J connectivity index is 1.46. The van der Waals surface area contributed by atoms with Gasteiger partial charge in [0.05, 0.1) is 17.9 Å². The number of carboxylic acid groups (broad SMARTS) is 1. The maximum absolute atomic E-state index is 11.6. The number of piperazine rings is 1. The van der Waals surface area contributed by atoms with Crippen LogP contribution in [0.25, 0.3) is 0 Å². The molecule has 0 unspecified atom stereocenters. The van der Waals surface area contributed by atoms with E-state index in [2.05, 4.69) is 39.1 Å². The first-order valence-electron chi connectivity index (χ1n) is 10.2. The highest BCUT2D eigenvalue weighted by atomic mass is 16.4. The van der Waals surface area contributed by atoms with Crippen molar-refractivity contribution in [2.45, 2.75) is 0 Å². The Hall–Kier alpha value is -3.10. The average Bonchev–Trinajstić information content (AvgIpc) is 2.78. The number of likely N-dealkylation sites (N-methyl/N-ethyl adjacent to an activating group) is 1. The third kappa shape index (κ3) is 3.96. The minimum atomic E-state index is -0.921. The van der Waals surface area contributed by atoms with Crippen molar-refractivity contribution in [2.24, 2.45) is 0 Å². The molecule has 0 saturated carbocycles. The summed E-state index contributed by atoms with van der Waals surface area (Å²) in [6.07, 6.45) is 0.00914. The smallest absolute Gasteiger partial charge is 0.411 e. The molecule has 8 heteroatoms. The predicted octanol–water partition coefficient (Wildman–Crippen LogP) is 2.49. The van der Waals surface area contributed by atoms with Gasteiger partial charge in [0.1, 0.15) is 6.29 Å². The minimum Gasteiger partial charge on any atom is -0.465 e. The number of fused-ring (bicyclic) bond motifs is 1. The quantitative estimate of drug-likeness (QED) is 0.761. The summed E-state index contributed by atoms with van der Waals surface area (Å²) < 4.78 is 0. The molecule has 1 amide bonds. The lowest BCUT2D eigenvalue weighted by molar-refractivity contribution is -0.113. The molecule has 4 rings (SSSR count). The van der Waals surface area contributed by atoms with E-state index in [-0.39, 0.29) is 0 Å². The van der Waals surface area contributed by atoms with Crippen molar-refractivity contribution in [3.8, 4) is 0 Å². The molecule has 158 valence electrons. The second-order valence-corrected chi connectivity index (χ2v) is 7.54. The van der Waals surface area contributed by atoms with E-state index in [4.69, 9.17) is 0 Å². The van der Waals surface area contributed by atoms with Gasteiger partial charge in [0.15, 0.2) is 0 Å². The van der Waals surface area contributed by atoms with E-state index in [1.54, 1.807) is 0 Å². The predicted molar refractivity (Wildman–Crippen MR) is 118 cm³/mol. The van der Waals surface area contributed by atoms with Crippen LogP contribution in [-0.2, 0) is 4.79 Å². The van der Waals surface area contributed by atoms with E-state index in [9.17, 15) is 14.7 Å². The number of carbonyl (C=O) groups is 2. The van der Waals surface area contributed by atoms with Crippen LogP contribution in [0.1, 0.15) is 0 Å². The molecule has 0 bridgehead atoms. The lowest BCUT2D eigenvalue weighted by Gasteiger charge is -2.40. The molecule has 0 spiro atoms. The summed E-state index contributed by atoms with van der Waals surface area (Å²) in [5.41, 5.74) is 3.86. The Labute approximate surface area is 176 Å². The first-order valence-corrected chi connectivity index (χ1v) is 10.2. The zero-order chi connectivity index (χ0) is 21.1. The molecule has 30 heavy (non-hydrogen) atoms. The largest absolute Gasteiger partial charge is 0.465 e. The summed E-state index contributed by atoms with van der Waals surface area (Å²) >= 11 is 0. The highest BCUT2D eigenvalue weighted by Crippen LogP contribution is 2.38. The molecule has 1 N–H and O–H groups in total. The number of hydrazine groups is 1. The maximum Gasteiger partial charge on any atom is 0.411 e. The summed E-state index contributed by atoms with van der Waals surface area (Å²) in [7, 11) is 1.95. The molecule has 2 aromatic rings. The molecule has 1 saturated heterocycles. The van der Waals surface area contributed by atoms with Crippen LogP contribution in [-0.4, -0.2) is 80.4 Å². The van der Waals surface area contributed by atoms with Gasteiger partial charge < -0.3 is 19.7 Å². The van der Waals surface area contributed by atoms with Gasteiger partial charge in [-0.15, -0.1) is 0 Å². The highest BCUT2D eigenvalue weighted by molar-refractivity contribution is 5.94. The van der Waals surface area contributed by atoms with Gasteiger partial charge in [0.25, 0.3) is 0 Å². The van der Waals surface area contributed by atoms with Gasteiger partial charge in [-0.25, -0.2) is 14.8 Å². The van der Waals surface area contributed by atoms with Gasteiger partial charge in [0, 0.05) is 57.7 Å². The number of amides is 1. The summed E-state index contributed by atoms with van der Waals surface area (Å²) in [6, 6.07) is 16.1. The fourth-order valence-corrected chi connectivity index (χ4v) is 4.19. The van der Waals surface area contributed by atoms with Crippen molar-refractivity contribution < 1.29 is 14.7 Å². The van der Waals surface area contributed by atoms with Crippen LogP contribution in [0.15, 0.2) is 48.5 Å². The number of anilines is 4. The van der Waals surface area contributed by atoms with Crippen molar-refractivity contribution in [3.05, 3.63) is 48.5 Å². The summed E-state index contributed by atoms with van der Waals surface area (Å²) in [6.45, 7) is 5.05. The van der Waals surface area contributed by atoms with Crippen molar-refractivity contribution in [1.82, 2.24) is 10.0 Å². The Kier molecular flexibility index (Phi) is 5.87. The Morgan fingerprint density at radius 2 is 1.57 bits per heavy atom. The Morgan fingerprint density at radius 1 is 0.933 bits per heavy atom. The van der Waals surface area contributed by atoms with Crippen LogP contribution in [0.2, 0.25) is 0 Å². The fourth-order valence-electron chi connectivity index (χ4n) is 4.19. The molecule has 2 aliphatic rings. The number of hydrogen-bond acceptors (Lipinski definition) is 6. The van der Waals surface area contributed by atoms with Crippen LogP contribution >= 0.6 is 0 Å². The molecule has 0 radical (unpaired) electrons. The SMILES string of the molecule is CN(CC=O)N1CCN(c2ccc(N3CCN(C(=O)O)c4ccccc43)cc2)CC1. The molecular weight excluding hydrogens is 382 g/mol. The number of rotatable bonds is 5. The standard InChI is InChI=1S/C22H27N5O3/c1-23(16-17-28)25-12-10-24(11-13-25)18-6-8-19(9-7-18)26-14-15-27(22(29)30)21-5-3-2-4-20(21)26/h2-9,17H,10-16H2,1H3,(H,29,30). The zero-order valence-electron chi connectivity index (χ0n) is 17.1. The molecule has 2 aliphatic heterocycles. The molecule has 0 aromatic heterocycles. The summed E-state index contributed by atoms with van der Waals surface area (Å²) in [5.74, 6) is 0. The molecule has 0 aliphatic carbocycles. The lowest BCUT2D eigenvalue weighted by atomic mass is 10.1. The van der Waals surface area contributed by atoms with Gasteiger partial charge in [0.2, 0.25) is 0 Å². The third-order valence-electron chi connectivity index (χ3n) is 5.85. The van der Waals surface area contributed by atoms with Crippen molar-refractivity contribution in [2.75, 3.05) is 67.6 Å². The maximum atomic E-state index is 11.6. The van der Waals surface area contributed by atoms with Crippen LogP contribution in [0.4, 0.5) is 27.5 Å². The number of para-hydroxylation sites is 2. The summed E-state index contributed by atoms with van der Waals surface area (Å²) in [5, 5.41) is 13.7. The van der Waals surface area contributed by atoms with Gasteiger partial charge in [-0.2, -0.15) is 0 Å². The first kappa shape index (κ1) is 20.2. The van der Waals surface area contributed by atoms with E-state index in [0.29, 0.717) is 19.6 Å². The zero-order valence-corrected chi connectivity index (χ0v) is 17.1. The lowest BCUT2D eigenvalue weighted by Crippen LogP contribution is -2.53. The molecule has 2 heterocycles. The normalized spacial score (nSPS) is 17.2. The van der Waals surface area contributed by atoms with Crippen LogP contribution in [0.5, 0.6) is 0 Å². The van der Waals surface area contributed by atoms with Crippen molar-refractivity contribution in [1.29, 1.82) is 0 Å². The number of carbonyl (C=O) groups excluding carboxylic acids is 1. The number of nitrogens with zero attached hydrogens (tertiary/aromatic N) is 5. The van der Waals surface area contributed by atoms with Gasteiger partial charge in [-0.1, -0.05) is 12.1 Å². The van der Waals surface area contributed by atoms with Crippen LogP contribution < -0.4 is 14.7 Å². The number of aldehydes is 1. The second kappa shape index (κ2) is 8.73. The molecular formula is C22H27N5O3. The highest BCUT2D eigenvalue weighted by Gasteiger charge is 2.27. The first-order chi connectivity index (χ1) is 14.6. The van der Waals surface area contributed by atoms with E-state index in [1.165, 1.54) is 10.6 Å². The third-order valence-corrected chi connectivity index (χ3v) is 5.85. The van der Waals surface area contributed by atoms with Gasteiger partial charge >= 0.3 is 6.09 Å². The van der Waals surface area contributed by atoms with Crippen molar-refractivity contribution in [3.63, 3.8) is 0 Å². The van der Waals surface area contributed by atoms with E-state index < -0.39 is 6.09 Å². The van der Waals surface area contributed by atoms with E-state index in [1.807, 2.05) is 36.3 Å². The Morgan fingerprint density at radius 3 is 2.20 bits per heavy atom. The summed E-state index contributed by atoms with van der Waals surface area (Å²) in [4.78, 5) is 28.2. The molecule has 0 atom stereocenters. The molecule has 1 fully saturated rings. The van der Waals surface area contributed by atoms with Crippen molar-refractivity contribution >= 4 is 35.1 Å². The Bertz CT molecular complexity index is 896. The average molecular weight is 409 g/mol. The van der Waals surface area contributed by atoms with Crippen LogP contribution in [0, 0.1) is 0 Å². The topological polar surface area (TPSA) is 70.6 Å². The van der Waals surface area contributed by atoms with E-state index in [0.717, 1.165) is 49.5 Å². The molecule has 2 aromatic carbocycles. The number of hydrogen-bond donors (Lipinski definition) is 1. The van der Waals surface area contributed by atoms with Gasteiger partial charge in [-0.05, 0) is 36.4 Å². The second-order valence-electron chi connectivity index (χ2n) is 7.54. The monoisotopic (exact) mass is 409 g/mol. The van der Waals surface area contributed by atoms with Crippen LogP contribution in [0.3, 0.4) is 0 Å². The number of benzene rings is 2. The fraction of sp³-hybridized carbons (Fsp3) is 0.364. The van der Waals surface area contributed by atoms with Gasteiger partial charge in [-0.3, -0.25) is 4.90 Å². The van der Waals surface area contributed by atoms with E-state index >= 15 is 0 Å².